The number of hydrogen-bond donors (Lipinski definition) is 1. The van der Waals surface area contributed by atoms with Crippen LogP contribution in [0, 0.1) is 5.41 Å². The molecule has 0 saturated heterocycles. The highest BCUT2D eigenvalue weighted by Gasteiger charge is 2.27. The third-order valence-electron chi connectivity index (χ3n) is 2.82. The molecule has 0 aromatic heterocycles. The van der Waals surface area contributed by atoms with Gasteiger partial charge in [0.1, 0.15) is 0 Å². The first kappa shape index (κ1) is 15.5. The third-order valence-corrected chi connectivity index (χ3v) is 2.82. The van der Waals surface area contributed by atoms with Gasteiger partial charge in [-0.1, -0.05) is 57.7 Å². The highest BCUT2D eigenvalue weighted by Crippen LogP contribution is 2.27. The second-order valence-electron chi connectivity index (χ2n) is 6.92. The maximum atomic E-state index is 12.2. The van der Waals surface area contributed by atoms with Crippen LogP contribution in [0.4, 0.5) is 0 Å². The van der Waals surface area contributed by atoms with Crippen LogP contribution in [0.2, 0.25) is 0 Å². The van der Waals surface area contributed by atoms with Gasteiger partial charge in [0.25, 0.3) is 5.91 Å². The lowest BCUT2D eigenvalue weighted by atomic mass is 9.81. The predicted octanol–water partition coefficient (Wildman–Crippen LogP) is 4.03. The zero-order chi connectivity index (χ0) is 14.7. The molecule has 2 nitrogen and oxygen atoms in total. The lowest BCUT2D eigenvalue weighted by Gasteiger charge is -2.33. The first-order chi connectivity index (χ1) is 8.61. The third kappa shape index (κ3) is 5.29. The van der Waals surface area contributed by atoms with Gasteiger partial charge in [0.15, 0.2) is 0 Å². The minimum Gasteiger partial charge on any atom is -0.347 e. The van der Waals surface area contributed by atoms with E-state index in [1.807, 2.05) is 30.3 Å². The summed E-state index contributed by atoms with van der Waals surface area (Å²) in [4.78, 5) is 12.2. The van der Waals surface area contributed by atoms with E-state index < -0.39 is 0 Å². The average Bonchev–Trinajstić information content (AvgIpc) is 2.25. The fourth-order valence-corrected chi connectivity index (χ4v) is 2.52. The molecular formula is C17H25NO. The molecule has 1 amide bonds. The van der Waals surface area contributed by atoms with Crippen LogP contribution in [-0.4, -0.2) is 11.4 Å². The van der Waals surface area contributed by atoms with Crippen LogP contribution in [0.25, 0.3) is 5.57 Å². The molecule has 104 valence electrons. The van der Waals surface area contributed by atoms with Crippen molar-refractivity contribution in [3.05, 3.63) is 42.5 Å². The molecule has 0 heterocycles. The van der Waals surface area contributed by atoms with E-state index in [9.17, 15) is 4.79 Å². The number of amides is 1. The minimum atomic E-state index is -0.243. The smallest absolute Gasteiger partial charge is 0.251 e. The SMILES string of the molecule is C=C(C(=O)NC(C)(C)CC(C)(C)C)c1ccccc1. The predicted molar refractivity (Wildman–Crippen MR) is 81.8 cm³/mol. The standard InChI is InChI=1S/C17H25NO/c1-13(14-10-8-7-9-11-14)15(19)18-17(5,6)12-16(2,3)4/h7-11H,1,12H2,2-6H3,(H,18,19). The number of rotatable bonds is 4. The summed E-state index contributed by atoms with van der Waals surface area (Å²) in [6, 6.07) is 9.55. The van der Waals surface area contributed by atoms with E-state index >= 15 is 0 Å². The molecule has 0 saturated carbocycles. The Morgan fingerprint density at radius 3 is 2.11 bits per heavy atom. The van der Waals surface area contributed by atoms with E-state index in [4.69, 9.17) is 0 Å². The lowest BCUT2D eigenvalue weighted by Crippen LogP contribution is -2.46. The van der Waals surface area contributed by atoms with E-state index in [0.29, 0.717) is 5.57 Å². The van der Waals surface area contributed by atoms with E-state index in [0.717, 1.165) is 12.0 Å². The Hall–Kier alpha value is -1.57. The van der Waals surface area contributed by atoms with Crippen molar-refractivity contribution in [2.45, 2.75) is 46.6 Å². The van der Waals surface area contributed by atoms with Crippen molar-refractivity contribution in [2.24, 2.45) is 5.41 Å². The quantitative estimate of drug-likeness (QED) is 0.813. The molecule has 0 aliphatic carbocycles. The molecule has 1 N–H and O–H groups in total. The molecule has 2 heteroatoms. The number of carbonyl (C=O) groups is 1. The van der Waals surface area contributed by atoms with Gasteiger partial charge in [-0.25, -0.2) is 0 Å². The zero-order valence-corrected chi connectivity index (χ0v) is 12.7. The summed E-state index contributed by atoms with van der Waals surface area (Å²) in [6.07, 6.45) is 0.911. The van der Waals surface area contributed by atoms with Gasteiger partial charge in [0.2, 0.25) is 0 Å². The Bertz CT molecular complexity index is 452. The minimum absolute atomic E-state index is 0.0968. The van der Waals surface area contributed by atoms with Gasteiger partial charge in [-0.05, 0) is 31.2 Å². The Kier molecular flexibility index (Phi) is 4.56. The van der Waals surface area contributed by atoms with Crippen molar-refractivity contribution in [2.75, 3.05) is 0 Å². The molecule has 0 unspecified atom stereocenters. The maximum Gasteiger partial charge on any atom is 0.251 e. The molecule has 19 heavy (non-hydrogen) atoms. The summed E-state index contributed by atoms with van der Waals surface area (Å²) in [7, 11) is 0. The monoisotopic (exact) mass is 259 g/mol. The van der Waals surface area contributed by atoms with E-state index in [1.165, 1.54) is 0 Å². The van der Waals surface area contributed by atoms with Crippen LogP contribution in [0.15, 0.2) is 36.9 Å². The number of nitrogens with one attached hydrogen (secondary N) is 1. The largest absolute Gasteiger partial charge is 0.347 e. The number of benzene rings is 1. The summed E-state index contributed by atoms with van der Waals surface area (Å²) in [5.74, 6) is -0.0968. The first-order valence-electron chi connectivity index (χ1n) is 6.68. The molecule has 1 aromatic rings. The average molecular weight is 259 g/mol. The Morgan fingerprint density at radius 2 is 1.63 bits per heavy atom. The number of hydrogen-bond acceptors (Lipinski definition) is 1. The second-order valence-corrected chi connectivity index (χ2v) is 6.92. The van der Waals surface area contributed by atoms with Crippen LogP contribution in [0.1, 0.15) is 46.6 Å². The van der Waals surface area contributed by atoms with Gasteiger partial charge in [0, 0.05) is 11.1 Å². The summed E-state index contributed by atoms with van der Waals surface area (Å²) < 4.78 is 0. The van der Waals surface area contributed by atoms with Crippen molar-refractivity contribution < 1.29 is 4.79 Å². The molecule has 0 spiro atoms. The topological polar surface area (TPSA) is 29.1 Å². The van der Waals surface area contributed by atoms with Crippen molar-refractivity contribution in [3.8, 4) is 0 Å². The molecule has 1 aromatic carbocycles. The molecular weight excluding hydrogens is 234 g/mol. The Balaban J connectivity index is 2.72. The van der Waals surface area contributed by atoms with Crippen LogP contribution in [-0.2, 0) is 4.79 Å². The van der Waals surface area contributed by atoms with Gasteiger partial charge in [-0.3, -0.25) is 4.79 Å². The van der Waals surface area contributed by atoms with Crippen LogP contribution in [0.5, 0.6) is 0 Å². The van der Waals surface area contributed by atoms with Crippen LogP contribution >= 0.6 is 0 Å². The molecule has 0 fully saturated rings. The van der Waals surface area contributed by atoms with E-state index in [1.54, 1.807) is 0 Å². The van der Waals surface area contributed by atoms with Crippen molar-refractivity contribution in [3.63, 3.8) is 0 Å². The highest BCUT2D eigenvalue weighted by molar-refractivity contribution is 6.18. The summed E-state index contributed by atoms with van der Waals surface area (Å²) in [6.45, 7) is 14.5. The summed E-state index contributed by atoms with van der Waals surface area (Å²) in [5.41, 5.74) is 1.31. The fourth-order valence-electron chi connectivity index (χ4n) is 2.52. The van der Waals surface area contributed by atoms with Crippen molar-refractivity contribution in [1.29, 1.82) is 0 Å². The van der Waals surface area contributed by atoms with E-state index in [2.05, 4.69) is 46.5 Å². The Labute approximate surface area is 116 Å². The molecule has 0 bridgehead atoms. The van der Waals surface area contributed by atoms with Gasteiger partial charge in [-0.2, -0.15) is 0 Å². The normalized spacial score (nSPS) is 12.1. The molecule has 0 aliphatic rings. The van der Waals surface area contributed by atoms with Crippen molar-refractivity contribution in [1.82, 2.24) is 5.32 Å². The lowest BCUT2D eigenvalue weighted by molar-refractivity contribution is -0.117. The second kappa shape index (κ2) is 5.60. The van der Waals surface area contributed by atoms with Gasteiger partial charge < -0.3 is 5.32 Å². The Morgan fingerprint density at radius 1 is 1.11 bits per heavy atom. The number of carbonyl (C=O) groups excluding carboxylic acids is 1. The molecule has 0 aliphatic heterocycles. The fraction of sp³-hybridized carbons (Fsp3) is 0.471. The summed E-state index contributed by atoms with van der Waals surface area (Å²) >= 11 is 0. The maximum absolute atomic E-state index is 12.2. The van der Waals surface area contributed by atoms with Gasteiger partial charge in [-0.15, -0.1) is 0 Å². The first-order valence-corrected chi connectivity index (χ1v) is 6.68. The summed E-state index contributed by atoms with van der Waals surface area (Å²) in [5, 5.41) is 3.07. The highest BCUT2D eigenvalue weighted by atomic mass is 16.1. The van der Waals surface area contributed by atoms with Crippen molar-refractivity contribution >= 4 is 11.5 Å². The van der Waals surface area contributed by atoms with Crippen LogP contribution < -0.4 is 5.32 Å². The molecule has 1 rings (SSSR count). The molecule has 0 atom stereocenters. The molecule has 0 radical (unpaired) electrons. The zero-order valence-electron chi connectivity index (χ0n) is 12.7. The van der Waals surface area contributed by atoms with E-state index in [-0.39, 0.29) is 16.9 Å². The van der Waals surface area contributed by atoms with Gasteiger partial charge in [0.05, 0.1) is 0 Å². The van der Waals surface area contributed by atoms with Crippen LogP contribution in [0.3, 0.4) is 0 Å². The van der Waals surface area contributed by atoms with Gasteiger partial charge >= 0.3 is 0 Å².